The van der Waals surface area contributed by atoms with Gasteiger partial charge in [-0.15, -0.1) is 11.3 Å². The Labute approximate surface area is 146 Å². The molecule has 0 saturated heterocycles. The second-order valence-corrected chi connectivity index (χ2v) is 6.39. The van der Waals surface area contributed by atoms with Gasteiger partial charge in [-0.25, -0.2) is 4.98 Å². The quantitative estimate of drug-likeness (QED) is 0.580. The number of imidazole rings is 1. The van der Waals surface area contributed by atoms with Gasteiger partial charge in [-0.05, 0) is 41.9 Å². The van der Waals surface area contributed by atoms with E-state index < -0.39 is 0 Å². The maximum Gasteiger partial charge on any atom is 0.194 e. The second kappa shape index (κ2) is 6.72. The van der Waals surface area contributed by atoms with Gasteiger partial charge >= 0.3 is 0 Å². The largest absolute Gasteiger partial charge is 0.490 e. The molecule has 1 aromatic carbocycles. The van der Waals surface area contributed by atoms with Crippen molar-refractivity contribution in [3.05, 3.63) is 33.9 Å². The zero-order chi connectivity index (χ0) is 16.4. The standard InChI is InChI=1S/C16H15BrN2O3S/c1-3-21-13-7-10(11(17)8-14(13)22-4-2)15-12(9-20)19-5-6-23-16(19)18-15/h5-9H,3-4H2,1-2H3. The van der Waals surface area contributed by atoms with Gasteiger partial charge in [-0.3, -0.25) is 9.20 Å². The van der Waals surface area contributed by atoms with Crippen LogP contribution in [0.3, 0.4) is 0 Å². The third-order valence-corrected chi connectivity index (χ3v) is 4.71. The summed E-state index contributed by atoms with van der Waals surface area (Å²) in [6, 6.07) is 3.71. The van der Waals surface area contributed by atoms with Crippen molar-refractivity contribution in [2.45, 2.75) is 13.8 Å². The molecular formula is C16H15BrN2O3S. The van der Waals surface area contributed by atoms with Crippen molar-refractivity contribution >= 4 is 38.5 Å². The van der Waals surface area contributed by atoms with E-state index in [1.54, 1.807) is 4.40 Å². The molecule has 3 aromatic rings. The number of hydrogen-bond acceptors (Lipinski definition) is 5. The summed E-state index contributed by atoms with van der Waals surface area (Å²) < 4.78 is 13.9. The topological polar surface area (TPSA) is 52.8 Å². The fourth-order valence-corrected chi connectivity index (χ4v) is 3.60. The Morgan fingerprint density at radius 2 is 1.96 bits per heavy atom. The van der Waals surface area contributed by atoms with Crippen molar-refractivity contribution < 1.29 is 14.3 Å². The molecule has 23 heavy (non-hydrogen) atoms. The number of thiazole rings is 1. The van der Waals surface area contributed by atoms with Crippen LogP contribution in [-0.2, 0) is 0 Å². The van der Waals surface area contributed by atoms with Crippen molar-refractivity contribution in [3.63, 3.8) is 0 Å². The molecule has 0 amide bonds. The molecule has 0 saturated carbocycles. The lowest BCUT2D eigenvalue weighted by atomic mass is 10.1. The summed E-state index contributed by atoms with van der Waals surface area (Å²) in [6.45, 7) is 4.91. The smallest absolute Gasteiger partial charge is 0.194 e. The monoisotopic (exact) mass is 394 g/mol. The first-order valence-electron chi connectivity index (χ1n) is 7.19. The number of carbonyl (C=O) groups is 1. The molecule has 7 heteroatoms. The lowest BCUT2D eigenvalue weighted by molar-refractivity contribution is 0.111. The van der Waals surface area contributed by atoms with Gasteiger partial charge in [0.05, 0.1) is 13.2 Å². The Balaban J connectivity index is 2.19. The Bertz CT molecular complexity index is 856. The van der Waals surface area contributed by atoms with Crippen LogP contribution in [0.15, 0.2) is 28.2 Å². The highest BCUT2D eigenvalue weighted by Gasteiger charge is 2.19. The first kappa shape index (κ1) is 16.0. The molecule has 0 spiro atoms. The molecule has 0 aliphatic carbocycles. The molecule has 120 valence electrons. The van der Waals surface area contributed by atoms with Gasteiger partial charge in [0.25, 0.3) is 0 Å². The predicted octanol–water partition coefficient (Wildman–Crippen LogP) is 4.44. The average Bonchev–Trinajstić information content (AvgIpc) is 3.10. The second-order valence-electron chi connectivity index (χ2n) is 4.66. The minimum Gasteiger partial charge on any atom is -0.490 e. The van der Waals surface area contributed by atoms with Crippen molar-refractivity contribution in [2.24, 2.45) is 0 Å². The highest BCUT2D eigenvalue weighted by molar-refractivity contribution is 9.10. The lowest BCUT2D eigenvalue weighted by Crippen LogP contribution is -2.00. The van der Waals surface area contributed by atoms with Crippen LogP contribution in [0.1, 0.15) is 24.3 Å². The fourth-order valence-electron chi connectivity index (χ4n) is 2.37. The van der Waals surface area contributed by atoms with Gasteiger partial charge in [0.15, 0.2) is 22.7 Å². The number of hydrogen-bond donors (Lipinski definition) is 0. The summed E-state index contributed by atoms with van der Waals surface area (Å²) in [5, 5.41) is 1.90. The van der Waals surface area contributed by atoms with Crippen LogP contribution in [0.25, 0.3) is 16.2 Å². The Morgan fingerprint density at radius 1 is 1.26 bits per heavy atom. The summed E-state index contributed by atoms with van der Waals surface area (Å²) >= 11 is 5.04. The molecule has 0 unspecified atom stereocenters. The molecular weight excluding hydrogens is 380 g/mol. The number of carbonyl (C=O) groups excluding carboxylic acids is 1. The first-order chi connectivity index (χ1) is 11.2. The molecule has 3 rings (SSSR count). The summed E-state index contributed by atoms with van der Waals surface area (Å²) in [7, 11) is 0. The maximum atomic E-state index is 11.5. The highest BCUT2D eigenvalue weighted by Crippen LogP contribution is 2.40. The minimum absolute atomic E-state index is 0.522. The zero-order valence-corrected chi connectivity index (χ0v) is 15.1. The van der Waals surface area contributed by atoms with Crippen LogP contribution >= 0.6 is 27.3 Å². The van der Waals surface area contributed by atoms with E-state index in [0.717, 1.165) is 21.3 Å². The molecule has 2 aromatic heterocycles. The van der Waals surface area contributed by atoms with Crippen LogP contribution in [0.4, 0.5) is 0 Å². The Morgan fingerprint density at radius 3 is 2.61 bits per heavy atom. The van der Waals surface area contributed by atoms with Gasteiger partial charge in [0.2, 0.25) is 0 Å². The molecule has 0 radical (unpaired) electrons. The van der Waals surface area contributed by atoms with Crippen LogP contribution < -0.4 is 9.47 Å². The van der Waals surface area contributed by atoms with Crippen LogP contribution in [-0.4, -0.2) is 28.9 Å². The number of rotatable bonds is 6. The molecule has 0 aliphatic rings. The van der Waals surface area contributed by atoms with E-state index in [1.807, 2.05) is 37.6 Å². The number of aldehydes is 1. The molecule has 0 atom stereocenters. The number of ether oxygens (including phenoxy) is 2. The van der Waals surface area contributed by atoms with E-state index in [9.17, 15) is 4.79 Å². The van der Waals surface area contributed by atoms with Crippen molar-refractivity contribution in [1.29, 1.82) is 0 Å². The van der Waals surface area contributed by atoms with Crippen LogP contribution in [0.5, 0.6) is 11.5 Å². The molecule has 2 heterocycles. The van der Waals surface area contributed by atoms with E-state index in [0.29, 0.717) is 36.1 Å². The molecule has 0 bridgehead atoms. The normalized spacial score (nSPS) is 10.9. The van der Waals surface area contributed by atoms with Gasteiger partial charge in [-0.1, -0.05) is 0 Å². The molecule has 5 nitrogen and oxygen atoms in total. The summed E-state index contributed by atoms with van der Waals surface area (Å²) in [5.41, 5.74) is 1.95. The van der Waals surface area contributed by atoms with Gasteiger partial charge in [0, 0.05) is 21.6 Å². The summed E-state index contributed by atoms with van der Waals surface area (Å²) in [6.07, 6.45) is 2.66. The Kier molecular flexibility index (Phi) is 4.68. The zero-order valence-electron chi connectivity index (χ0n) is 12.7. The Hall–Kier alpha value is -1.86. The SMILES string of the molecule is CCOc1cc(Br)c(-c2nc3sccn3c2C=O)cc1OCC. The minimum atomic E-state index is 0.522. The van der Waals surface area contributed by atoms with E-state index in [1.165, 1.54) is 11.3 Å². The number of aromatic nitrogens is 2. The fraction of sp³-hybridized carbons (Fsp3) is 0.250. The van der Waals surface area contributed by atoms with E-state index in [-0.39, 0.29) is 0 Å². The van der Waals surface area contributed by atoms with Crippen molar-refractivity contribution in [1.82, 2.24) is 9.38 Å². The molecule has 0 N–H and O–H groups in total. The van der Waals surface area contributed by atoms with Gasteiger partial charge in [-0.2, -0.15) is 0 Å². The number of benzene rings is 1. The summed E-state index contributed by atoms with van der Waals surface area (Å²) in [4.78, 5) is 16.9. The van der Waals surface area contributed by atoms with Crippen molar-refractivity contribution in [3.8, 4) is 22.8 Å². The first-order valence-corrected chi connectivity index (χ1v) is 8.87. The van der Waals surface area contributed by atoms with Gasteiger partial charge in [0.1, 0.15) is 11.4 Å². The van der Waals surface area contributed by atoms with E-state index >= 15 is 0 Å². The predicted molar refractivity (Wildman–Crippen MR) is 93.9 cm³/mol. The average molecular weight is 395 g/mol. The lowest BCUT2D eigenvalue weighted by Gasteiger charge is -2.13. The molecule has 0 fully saturated rings. The van der Waals surface area contributed by atoms with Crippen molar-refractivity contribution in [2.75, 3.05) is 13.2 Å². The number of halogens is 1. The van der Waals surface area contributed by atoms with Gasteiger partial charge < -0.3 is 9.47 Å². The van der Waals surface area contributed by atoms with Crippen LogP contribution in [0, 0.1) is 0 Å². The maximum absolute atomic E-state index is 11.5. The summed E-state index contributed by atoms with van der Waals surface area (Å²) in [5.74, 6) is 1.31. The molecule has 0 aliphatic heterocycles. The number of nitrogens with zero attached hydrogens (tertiary/aromatic N) is 2. The van der Waals surface area contributed by atoms with Crippen LogP contribution in [0.2, 0.25) is 0 Å². The van der Waals surface area contributed by atoms with E-state index in [4.69, 9.17) is 9.47 Å². The third-order valence-electron chi connectivity index (χ3n) is 3.30. The number of fused-ring (bicyclic) bond motifs is 1. The highest BCUT2D eigenvalue weighted by atomic mass is 79.9. The van der Waals surface area contributed by atoms with E-state index in [2.05, 4.69) is 20.9 Å². The third kappa shape index (κ3) is 2.86.